The van der Waals surface area contributed by atoms with E-state index in [1.54, 1.807) is 18.7 Å². The molecule has 230 valence electrons. The van der Waals surface area contributed by atoms with Crippen LogP contribution in [0.4, 0.5) is 11.4 Å². The van der Waals surface area contributed by atoms with Crippen molar-refractivity contribution in [1.82, 2.24) is 10.6 Å². The summed E-state index contributed by atoms with van der Waals surface area (Å²) in [5, 5.41) is 6.57. The summed E-state index contributed by atoms with van der Waals surface area (Å²) in [6, 6.07) is 5.84. The minimum atomic E-state index is -0.989. The molecule has 2 saturated carbocycles. The monoisotopic (exact) mass is 574 g/mol. The van der Waals surface area contributed by atoms with Crippen LogP contribution in [-0.2, 0) is 23.9 Å². The van der Waals surface area contributed by atoms with Crippen LogP contribution in [0.25, 0.3) is 0 Å². The smallest absolute Gasteiger partial charge is 0.270 e. The lowest BCUT2D eigenvalue weighted by Crippen LogP contribution is -2.53. The van der Waals surface area contributed by atoms with Crippen LogP contribution in [-0.4, -0.2) is 81.0 Å². The Kier molecular flexibility index (Phi) is 9.21. The van der Waals surface area contributed by atoms with E-state index in [4.69, 9.17) is 14.2 Å². The Morgan fingerprint density at radius 2 is 1.93 bits per heavy atom. The van der Waals surface area contributed by atoms with E-state index in [1.807, 2.05) is 36.9 Å². The normalized spacial score (nSPS) is 27.2. The third kappa shape index (κ3) is 6.54. The molecule has 0 radical (unpaired) electrons. The van der Waals surface area contributed by atoms with Gasteiger partial charge in [0.2, 0.25) is 11.8 Å². The second kappa shape index (κ2) is 12.7. The molecular weight excluding hydrogens is 524 g/mol. The molecule has 4 aliphatic rings. The number of rotatable bonds is 11. The molecule has 10 heteroatoms. The van der Waals surface area contributed by atoms with E-state index in [0.29, 0.717) is 57.3 Å². The molecule has 10 nitrogen and oxygen atoms in total. The zero-order valence-electron chi connectivity index (χ0n) is 24.9. The number of hydrogen-bond acceptors (Lipinski definition) is 7. The van der Waals surface area contributed by atoms with Crippen LogP contribution in [0, 0.1) is 11.8 Å². The largest absolute Gasteiger partial charge is 0.476 e. The quantitative estimate of drug-likeness (QED) is 0.389. The Morgan fingerprint density at radius 3 is 2.66 bits per heavy atom. The van der Waals surface area contributed by atoms with Crippen LogP contribution >= 0.6 is 0 Å². The van der Waals surface area contributed by atoms with Gasteiger partial charge in [0, 0.05) is 47.4 Å². The number of fused-ring (bicyclic) bond motifs is 1. The van der Waals surface area contributed by atoms with Crippen molar-refractivity contribution in [2.75, 3.05) is 49.3 Å². The highest BCUT2D eigenvalue weighted by molar-refractivity contribution is 6.04. The zero-order valence-corrected chi connectivity index (χ0v) is 24.9. The lowest BCUT2D eigenvalue weighted by molar-refractivity contribution is -0.133. The van der Waals surface area contributed by atoms with Crippen molar-refractivity contribution in [2.24, 2.45) is 11.8 Å². The molecule has 2 heterocycles. The summed E-state index contributed by atoms with van der Waals surface area (Å²) in [4.78, 5) is 44.2. The number of amides is 3. The summed E-state index contributed by atoms with van der Waals surface area (Å²) in [6.45, 7) is 10.6. The molecule has 2 N–H and O–H groups in total. The molecule has 0 spiro atoms. The van der Waals surface area contributed by atoms with Gasteiger partial charge in [0.25, 0.3) is 5.91 Å². The number of nitrogens with zero attached hydrogens (tertiary/aromatic N) is 2. The van der Waals surface area contributed by atoms with Crippen molar-refractivity contribution in [1.29, 1.82) is 0 Å². The third-order valence-corrected chi connectivity index (χ3v) is 8.68. The van der Waals surface area contributed by atoms with E-state index < -0.39 is 5.60 Å². The van der Waals surface area contributed by atoms with Gasteiger partial charge in [0.05, 0.1) is 36.3 Å². The Balaban J connectivity index is 0.00000253. The van der Waals surface area contributed by atoms with Crippen LogP contribution in [0.5, 0.6) is 5.75 Å². The van der Waals surface area contributed by atoms with E-state index in [2.05, 4.69) is 10.6 Å². The lowest BCUT2D eigenvalue weighted by Gasteiger charge is -2.39. The van der Waals surface area contributed by atoms with Crippen molar-refractivity contribution < 1.29 is 31.4 Å². The summed E-state index contributed by atoms with van der Waals surface area (Å²) >= 11 is 0. The average Bonchev–Trinajstić information content (AvgIpc) is 3.70. The predicted molar refractivity (Wildman–Crippen MR) is 160 cm³/mol. The number of nitrogens with one attached hydrogen (secondary N) is 2. The second-order valence-corrected chi connectivity index (χ2v) is 12.2. The van der Waals surface area contributed by atoms with Gasteiger partial charge in [-0.15, -0.1) is 0 Å². The molecule has 41 heavy (non-hydrogen) atoms. The van der Waals surface area contributed by atoms with Crippen LogP contribution < -0.4 is 25.2 Å². The van der Waals surface area contributed by atoms with Gasteiger partial charge in [0.1, 0.15) is 5.75 Å². The first kappa shape index (κ1) is 29.8. The summed E-state index contributed by atoms with van der Waals surface area (Å²) in [5.74, 6) is -0.0752. The highest BCUT2D eigenvalue weighted by Gasteiger charge is 2.43. The van der Waals surface area contributed by atoms with Gasteiger partial charge in [-0.2, -0.15) is 0 Å². The molecule has 0 aromatic heterocycles. The first-order chi connectivity index (χ1) is 19.7. The van der Waals surface area contributed by atoms with E-state index in [0.717, 1.165) is 37.8 Å². The number of anilines is 2. The number of hydrogen-bond donors (Lipinski definition) is 2. The Morgan fingerprint density at radius 1 is 1.15 bits per heavy atom. The van der Waals surface area contributed by atoms with Gasteiger partial charge in [-0.05, 0) is 84.4 Å². The van der Waals surface area contributed by atoms with Crippen LogP contribution in [0.3, 0.4) is 0 Å². The van der Waals surface area contributed by atoms with Gasteiger partial charge in [-0.3, -0.25) is 14.4 Å². The number of ether oxygens (including phenoxy) is 3. The van der Waals surface area contributed by atoms with Crippen LogP contribution in [0.1, 0.15) is 69.1 Å². The highest BCUT2D eigenvalue weighted by Crippen LogP contribution is 2.43. The summed E-state index contributed by atoms with van der Waals surface area (Å²) in [6.07, 6.45) is 5.40. The molecule has 5 rings (SSSR count). The molecule has 3 fully saturated rings. The summed E-state index contributed by atoms with van der Waals surface area (Å²) in [7, 11) is 0. The van der Waals surface area contributed by atoms with Gasteiger partial charge in [-0.1, -0.05) is 0 Å². The number of piperidine rings is 1. The highest BCUT2D eigenvalue weighted by atomic mass is 16.5. The number of carbonyl (C=O) groups excluding carboxylic acids is 3. The fourth-order valence-electron chi connectivity index (χ4n) is 6.41. The minimum absolute atomic E-state index is 0. The Labute approximate surface area is 246 Å². The zero-order chi connectivity index (χ0) is 29.1. The average molecular weight is 575 g/mol. The van der Waals surface area contributed by atoms with E-state index in [1.165, 1.54) is 0 Å². The van der Waals surface area contributed by atoms with E-state index >= 15 is 0 Å². The maximum Gasteiger partial charge on any atom is 0.270 e. The number of benzene rings is 1. The third-order valence-electron chi connectivity index (χ3n) is 8.68. The Hall–Kier alpha value is -2.69. The molecule has 3 amide bonds. The van der Waals surface area contributed by atoms with E-state index in [9.17, 15) is 14.4 Å². The van der Waals surface area contributed by atoms with Crippen LogP contribution in [0.15, 0.2) is 18.2 Å². The molecule has 1 saturated heterocycles. The van der Waals surface area contributed by atoms with Gasteiger partial charge >= 0.3 is 0 Å². The topological polar surface area (TPSA) is 109 Å². The first-order valence-electron chi connectivity index (χ1n) is 15.4. The van der Waals surface area contributed by atoms with Crippen molar-refractivity contribution in [3.05, 3.63) is 18.2 Å². The lowest BCUT2D eigenvalue weighted by atomic mass is 9.88. The molecule has 2 aliphatic carbocycles. The van der Waals surface area contributed by atoms with Crippen LogP contribution in [0.2, 0.25) is 0 Å². The predicted octanol–water partition coefficient (Wildman–Crippen LogP) is 3.51. The minimum Gasteiger partial charge on any atom is -0.476 e. The summed E-state index contributed by atoms with van der Waals surface area (Å²) < 4.78 is 17.5. The molecule has 2 aliphatic heterocycles. The van der Waals surface area contributed by atoms with Gasteiger partial charge in [0.15, 0.2) is 5.60 Å². The molecule has 0 unspecified atom stereocenters. The maximum atomic E-state index is 14.1. The van der Waals surface area contributed by atoms with Crippen molar-refractivity contribution in [2.45, 2.75) is 90.0 Å². The van der Waals surface area contributed by atoms with Crippen molar-refractivity contribution >= 4 is 29.1 Å². The molecule has 1 aromatic carbocycles. The Bertz CT molecular complexity index is 1130. The maximum absolute atomic E-state index is 14.1. The standard InChI is InChI=1S/C31H46N4O6.2H2/c1-5-39-15-14-34-25-17-23(12-13-27(25)41-31(3,4)30(34)38)35(22-10-11-22)29(37)21-16-20(18-32-19-21)28(36)33-24-8-7-9-26(24)40-6-2;;/h12-13,17,20-22,24,26,32H,5-11,14-16,18-19H2,1-4H3,(H,33,36);2*1H/t20-,21+,24-,26-;;/m0../s1. The second-order valence-electron chi connectivity index (χ2n) is 12.2. The molecular formula is C31H50N4O6. The van der Waals surface area contributed by atoms with E-state index in [-0.39, 0.29) is 50.6 Å². The SMILES string of the molecule is CCOCCN1C(=O)C(C)(C)Oc2ccc(N(C(=O)[C@H]3CNC[C@@H](C(=O)N[C@H]4CCC[C@@H]4OCC)C3)C3CC3)cc21.[HH].[HH]. The fraction of sp³-hybridized carbons (Fsp3) is 0.710. The van der Waals surface area contributed by atoms with Gasteiger partial charge < -0.3 is 34.6 Å². The van der Waals surface area contributed by atoms with Crippen molar-refractivity contribution in [3.63, 3.8) is 0 Å². The molecule has 1 aromatic rings. The van der Waals surface area contributed by atoms with Gasteiger partial charge in [-0.25, -0.2) is 0 Å². The fourth-order valence-corrected chi connectivity index (χ4v) is 6.41. The molecule has 4 atom stereocenters. The number of carbonyl (C=O) groups is 3. The molecule has 0 bridgehead atoms. The summed E-state index contributed by atoms with van der Waals surface area (Å²) in [5.41, 5.74) is 0.423. The first-order valence-corrected chi connectivity index (χ1v) is 15.4. The van der Waals surface area contributed by atoms with Crippen molar-refractivity contribution in [3.8, 4) is 5.75 Å².